The van der Waals surface area contributed by atoms with E-state index < -0.39 is 0 Å². The third-order valence-corrected chi connectivity index (χ3v) is 6.06. The largest absolute Gasteiger partial charge is 0.496 e. The Balaban J connectivity index is 1.80. The van der Waals surface area contributed by atoms with E-state index in [0.717, 1.165) is 17.6 Å². The van der Waals surface area contributed by atoms with E-state index in [-0.39, 0.29) is 5.54 Å². The number of hydrogen-bond acceptors (Lipinski definition) is 2. The summed E-state index contributed by atoms with van der Waals surface area (Å²) in [6.07, 6.45) is 6.81. The van der Waals surface area contributed by atoms with Crippen LogP contribution in [-0.2, 0) is 5.54 Å². The number of nitrogens with two attached hydrogens (primary N) is 1. The summed E-state index contributed by atoms with van der Waals surface area (Å²) in [5.41, 5.74) is 8.13. The van der Waals surface area contributed by atoms with Crippen LogP contribution in [0.5, 0.6) is 5.75 Å². The van der Waals surface area contributed by atoms with Crippen LogP contribution in [0, 0.1) is 23.7 Å². The SMILES string of the molecule is COc1ccccc1C1(N)C2CC3CC(C2)CC1C3. The van der Waals surface area contributed by atoms with E-state index in [9.17, 15) is 0 Å². The van der Waals surface area contributed by atoms with Crippen molar-refractivity contribution in [1.82, 2.24) is 0 Å². The molecule has 0 aromatic heterocycles. The maximum atomic E-state index is 7.01. The fraction of sp³-hybridized carbons (Fsp3) is 0.647. The van der Waals surface area contributed by atoms with Gasteiger partial charge in [0.05, 0.1) is 12.6 Å². The van der Waals surface area contributed by atoms with Gasteiger partial charge in [0, 0.05) is 5.56 Å². The van der Waals surface area contributed by atoms with Gasteiger partial charge in [0.25, 0.3) is 0 Å². The summed E-state index contributed by atoms with van der Waals surface area (Å²) in [5, 5.41) is 0. The van der Waals surface area contributed by atoms with Gasteiger partial charge in [-0.2, -0.15) is 0 Å². The highest BCUT2D eigenvalue weighted by atomic mass is 16.5. The number of hydrogen-bond donors (Lipinski definition) is 1. The molecule has 4 fully saturated rings. The lowest BCUT2D eigenvalue weighted by atomic mass is 9.47. The minimum Gasteiger partial charge on any atom is -0.496 e. The summed E-state index contributed by atoms with van der Waals surface area (Å²) < 4.78 is 5.59. The quantitative estimate of drug-likeness (QED) is 0.882. The summed E-state index contributed by atoms with van der Waals surface area (Å²) >= 11 is 0. The first kappa shape index (κ1) is 11.8. The Kier molecular flexibility index (Phi) is 2.47. The molecule has 5 rings (SSSR count). The molecule has 19 heavy (non-hydrogen) atoms. The fourth-order valence-electron chi connectivity index (χ4n) is 5.41. The summed E-state index contributed by atoms with van der Waals surface area (Å²) in [4.78, 5) is 0. The molecule has 4 aliphatic carbocycles. The molecule has 102 valence electrons. The van der Waals surface area contributed by atoms with E-state index in [2.05, 4.69) is 18.2 Å². The van der Waals surface area contributed by atoms with Crippen molar-refractivity contribution in [3.63, 3.8) is 0 Å². The highest BCUT2D eigenvalue weighted by molar-refractivity contribution is 5.41. The number of rotatable bonds is 2. The molecule has 0 unspecified atom stereocenters. The molecular formula is C17H23NO. The second-order valence-electron chi connectivity index (χ2n) is 6.94. The standard InChI is InChI=1S/C17H23NO/c1-19-16-5-3-2-4-15(16)17(18)13-7-11-6-12(9-13)10-14(17)8-11/h2-5,11-14H,6-10,18H2,1H3. The molecule has 0 atom stereocenters. The maximum absolute atomic E-state index is 7.01. The highest BCUT2D eigenvalue weighted by Gasteiger charge is 2.56. The predicted molar refractivity (Wildman–Crippen MR) is 75.9 cm³/mol. The number of methoxy groups -OCH3 is 1. The van der Waals surface area contributed by atoms with Crippen LogP contribution in [0.4, 0.5) is 0 Å². The van der Waals surface area contributed by atoms with Crippen molar-refractivity contribution >= 4 is 0 Å². The second kappa shape index (κ2) is 3.99. The zero-order chi connectivity index (χ0) is 13.0. The Bertz CT molecular complexity index is 468. The normalized spacial score (nSPS) is 43.5. The van der Waals surface area contributed by atoms with Gasteiger partial charge in [-0.3, -0.25) is 0 Å². The Morgan fingerprint density at radius 2 is 1.58 bits per heavy atom. The molecule has 1 aromatic carbocycles. The topological polar surface area (TPSA) is 35.2 Å². The van der Waals surface area contributed by atoms with Crippen molar-refractivity contribution < 1.29 is 4.74 Å². The highest BCUT2D eigenvalue weighted by Crippen LogP contribution is 2.61. The van der Waals surface area contributed by atoms with Gasteiger partial charge >= 0.3 is 0 Å². The third-order valence-electron chi connectivity index (χ3n) is 6.06. The van der Waals surface area contributed by atoms with E-state index in [1.54, 1.807) is 7.11 Å². The Hall–Kier alpha value is -1.02. The van der Waals surface area contributed by atoms with Gasteiger partial charge in [-0.15, -0.1) is 0 Å². The monoisotopic (exact) mass is 257 g/mol. The van der Waals surface area contributed by atoms with Crippen molar-refractivity contribution in [2.45, 2.75) is 37.6 Å². The first-order valence-corrected chi connectivity index (χ1v) is 7.64. The van der Waals surface area contributed by atoms with Crippen molar-refractivity contribution in [3.05, 3.63) is 29.8 Å². The van der Waals surface area contributed by atoms with Crippen LogP contribution >= 0.6 is 0 Å². The van der Waals surface area contributed by atoms with Gasteiger partial charge in [-0.1, -0.05) is 18.2 Å². The van der Waals surface area contributed by atoms with E-state index in [1.807, 2.05) is 6.07 Å². The Labute approximate surface area is 115 Å². The summed E-state index contributed by atoms with van der Waals surface area (Å²) in [6.45, 7) is 0. The van der Waals surface area contributed by atoms with Gasteiger partial charge in [0.1, 0.15) is 5.75 Å². The smallest absolute Gasteiger partial charge is 0.123 e. The van der Waals surface area contributed by atoms with Crippen LogP contribution < -0.4 is 10.5 Å². The molecule has 0 heterocycles. The lowest BCUT2D eigenvalue weighted by Crippen LogP contribution is -2.60. The lowest BCUT2D eigenvalue weighted by Gasteiger charge is -2.60. The molecule has 0 radical (unpaired) electrons. The maximum Gasteiger partial charge on any atom is 0.123 e. The van der Waals surface area contributed by atoms with Gasteiger partial charge < -0.3 is 10.5 Å². The molecule has 2 nitrogen and oxygen atoms in total. The van der Waals surface area contributed by atoms with Crippen molar-refractivity contribution in [1.29, 1.82) is 0 Å². The van der Waals surface area contributed by atoms with Crippen molar-refractivity contribution in [2.24, 2.45) is 29.4 Å². The molecule has 0 saturated heterocycles. The zero-order valence-corrected chi connectivity index (χ0v) is 11.6. The van der Waals surface area contributed by atoms with E-state index in [4.69, 9.17) is 10.5 Å². The first-order chi connectivity index (χ1) is 9.21. The third kappa shape index (κ3) is 1.53. The average molecular weight is 257 g/mol. The minimum absolute atomic E-state index is 0.139. The number of benzene rings is 1. The van der Waals surface area contributed by atoms with Crippen LogP contribution in [-0.4, -0.2) is 7.11 Å². The first-order valence-electron chi connectivity index (χ1n) is 7.64. The molecular weight excluding hydrogens is 234 g/mol. The Morgan fingerprint density at radius 3 is 2.16 bits per heavy atom. The molecule has 4 bridgehead atoms. The molecule has 0 amide bonds. The van der Waals surface area contributed by atoms with Crippen LogP contribution in [0.25, 0.3) is 0 Å². The summed E-state index contributed by atoms with van der Waals surface area (Å²) in [7, 11) is 1.76. The van der Waals surface area contributed by atoms with Crippen LogP contribution in [0.2, 0.25) is 0 Å². The molecule has 0 aliphatic heterocycles. The zero-order valence-electron chi connectivity index (χ0n) is 11.6. The van der Waals surface area contributed by atoms with Crippen molar-refractivity contribution in [3.8, 4) is 5.75 Å². The predicted octanol–water partition coefficient (Wildman–Crippen LogP) is 3.31. The number of ether oxygens (including phenoxy) is 1. The summed E-state index contributed by atoms with van der Waals surface area (Å²) in [6, 6.07) is 8.41. The Morgan fingerprint density at radius 1 is 1.00 bits per heavy atom. The lowest BCUT2D eigenvalue weighted by molar-refractivity contribution is -0.0592. The molecule has 0 spiro atoms. The van der Waals surface area contributed by atoms with Crippen LogP contribution in [0.3, 0.4) is 0 Å². The molecule has 4 saturated carbocycles. The summed E-state index contributed by atoms with van der Waals surface area (Å²) in [5.74, 6) is 4.22. The van der Waals surface area contributed by atoms with Gasteiger partial charge in [0.15, 0.2) is 0 Å². The molecule has 2 heteroatoms. The van der Waals surface area contributed by atoms with Crippen LogP contribution in [0.1, 0.15) is 37.7 Å². The van der Waals surface area contributed by atoms with Gasteiger partial charge in [0.2, 0.25) is 0 Å². The van der Waals surface area contributed by atoms with E-state index in [0.29, 0.717) is 11.8 Å². The fourth-order valence-corrected chi connectivity index (χ4v) is 5.41. The number of para-hydroxylation sites is 1. The van der Waals surface area contributed by atoms with E-state index >= 15 is 0 Å². The van der Waals surface area contributed by atoms with Gasteiger partial charge in [-0.25, -0.2) is 0 Å². The van der Waals surface area contributed by atoms with Crippen LogP contribution in [0.15, 0.2) is 24.3 Å². The molecule has 1 aromatic rings. The molecule has 4 aliphatic rings. The van der Waals surface area contributed by atoms with E-state index in [1.165, 1.54) is 37.7 Å². The molecule has 2 N–H and O–H groups in total. The second-order valence-corrected chi connectivity index (χ2v) is 6.94. The minimum atomic E-state index is -0.139. The average Bonchev–Trinajstić information content (AvgIpc) is 2.43. The van der Waals surface area contributed by atoms with Gasteiger partial charge in [-0.05, 0) is 61.8 Å². The van der Waals surface area contributed by atoms with Crippen molar-refractivity contribution in [2.75, 3.05) is 7.11 Å².